The molecule has 0 unspecified atom stereocenters. The molecule has 3 aromatic rings. The van der Waals surface area contributed by atoms with Crippen molar-refractivity contribution < 1.29 is 4.43 Å². The van der Waals surface area contributed by atoms with E-state index in [1.54, 1.807) is 0 Å². The molecule has 0 N–H and O–H groups in total. The number of benzene rings is 3. The van der Waals surface area contributed by atoms with E-state index in [1.165, 1.54) is 0 Å². The summed E-state index contributed by atoms with van der Waals surface area (Å²) >= 11 is 0. The van der Waals surface area contributed by atoms with Crippen molar-refractivity contribution in [1.82, 2.24) is 0 Å². The standard InChI is InChI=1S/C27H22OSi/c1-2-21-28-29(22-18-25-12-6-3-7-13-25,23-19-26-14-8-4-9-15-26)24-20-27-16-10-5-11-17-27/h3-17H,2,21H2,1H3. The lowest BCUT2D eigenvalue weighted by Crippen LogP contribution is -2.35. The molecule has 0 aromatic heterocycles. The van der Waals surface area contributed by atoms with Crippen LogP contribution in [0, 0.1) is 34.4 Å². The van der Waals surface area contributed by atoms with Gasteiger partial charge in [0.15, 0.2) is 0 Å². The highest BCUT2D eigenvalue weighted by molar-refractivity contribution is 6.95. The molecule has 0 spiro atoms. The second kappa shape index (κ2) is 10.7. The molecule has 1 nitrogen and oxygen atoms in total. The van der Waals surface area contributed by atoms with E-state index in [1.807, 2.05) is 91.0 Å². The van der Waals surface area contributed by atoms with Crippen LogP contribution in [0.5, 0.6) is 0 Å². The predicted octanol–water partition coefficient (Wildman–Crippen LogP) is 5.13. The van der Waals surface area contributed by atoms with Crippen LogP contribution in [0.4, 0.5) is 0 Å². The van der Waals surface area contributed by atoms with Gasteiger partial charge in [-0.05, 0) is 42.8 Å². The molecule has 0 aliphatic carbocycles. The topological polar surface area (TPSA) is 9.23 Å². The minimum atomic E-state index is -2.95. The average molecular weight is 391 g/mol. The summed E-state index contributed by atoms with van der Waals surface area (Å²) in [6.45, 7) is 2.67. The van der Waals surface area contributed by atoms with Gasteiger partial charge in [0.1, 0.15) is 0 Å². The fourth-order valence-corrected chi connectivity index (χ4v) is 4.38. The van der Waals surface area contributed by atoms with E-state index in [4.69, 9.17) is 4.43 Å². The van der Waals surface area contributed by atoms with Crippen molar-refractivity contribution >= 4 is 8.32 Å². The lowest BCUT2D eigenvalue weighted by atomic mass is 10.2. The second-order valence-corrected chi connectivity index (χ2v) is 8.78. The molecule has 3 aromatic carbocycles. The van der Waals surface area contributed by atoms with Crippen molar-refractivity contribution in [3.63, 3.8) is 0 Å². The molecule has 0 atom stereocenters. The third-order valence-corrected chi connectivity index (χ3v) is 6.06. The van der Waals surface area contributed by atoms with Gasteiger partial charge in [-0.25, -0.2) is 0 Å². The van der Waals surface area contributed by atoms with E-state index in [-0.39, 0.29) is 0 Å². The third kappa shape index (κ3) is 6.56. The monoisotopic (exact) mass is 390 g/mol. The van der Waals surface area contributed by atoms with E-state index in [0.29, 0.717) is 6.61 Å². The van der Waals surface area contributed by atoms with Gasteiger partial charge in [0.05, 0.1) is 0 Å². The molecule has 0 amide bonds. The smallest absolute Gasteiger partial charge is 0.388 e. The summed E-state index contributed by atoms with van der Waals surface area (Å²) in [7, 11) is -2.95. The molecule has 0 aliphatic heterocycles. The molecule has 3 rings (SSSR count). The van der Waals surface area contributed by atoms with Gasteiger partial charge in [-0.3, -0.25) is 0 Å². The average Bonchev–Trinajstić information content (AvgIpc) is 2.80. The van der Waals surface area contributed by atoms with Crippen molar-refractivity contribution in [2.24, 2.45) is 0 Å². The highest BCUT2D eigenvalue weighted by Gasteiger charge is 2.30. The van der Waals surface area contributed by atoms with Crippen LogP contribution in [0.15, 0.2) is 91.0 Å². The molecule has 0 heterocycles. The van der Waals surface area contributed by atoms with Crippen LogP contribution >= 0.6 is 0 Å². The van der Waals surface area contributed by atoms with Crippen LogP contribution in [0.2, 0.25) is 0 Å². The van der Waals surface area contributed by atoms with Gasteiger partial charge in [-0.2, -0.15) is 0 Å². The minimum absolute atomic E-state index is 0.586. The van der Waals surface area contributed by atoms with Gasteiger partial charge in [0.2, 0.25) is 0 Å². The molecular weight excluding hydrogens is 368 g/mol. The Balaban J connectivity index is 2.07. The van der Waals surface area contributed by atoms with Gasteiger partial charge < -0.3 is 4.43 Å². The van der Waals surface area contributed by atoms with Crippen molar-refractivity contribution in [3.8, 4) is 34.4 Å². The summed E-state index contributed by atoms with van der Waals surface area (Å²) in [5.41, 5.74) is 12.8. The molecule has 29 heavy (non-hydrogen) atoms. The third-order valence-electron chi connectivity index (χ3n) is 3.99. The SMILES string of the molecule is CCCO[Si](C#Cc1ccccc1)(C#Cc1ccccc1)C#Cc1ccccc1. The van der Waals surface area contributed by atoms with E-state index >= 15 is 0 Å². The first kappa shape index (κ1) is 20.3. The number of hydrogen-bond donors (Lipinski definition) is 0. The molecule has 0 aliphatic rings. The van der Waals surface area contributed by atoms with Gasteiger partial charge in [-0.15, -0.1) is 0 Å². The molecule has 140 valence electrons. The first-order valence-electron chi connectivity index (χ1n) is 9.68. The van der Waals surface area contributed by atoms with Crippen molar-refractivity contribution in [2.45, 2.75) is 13.3 Å². The summed E-state index contributed by atoms with van der Waals surface area (Å²) in [4.78, 5) is 0. The van der Waals surface area contributed by atoms with Crippen LogP contribution < -0.4 is 0 Å². The summed E-state index contributed by atoms with van der Waals surface area (Å²) in [5.74, 6) is 9.75. The molecular formula is C27H22OSi. The predicted molar refractivity (Wildman–Crippen MR) is 122 cm³/mol. The largest absolute Gasteiger partial charge is 0.438 e. The maximum atomic E-state index is 6.26. The quantitative estimate of drug-likeness (QED) is 0.445. The maximum Gasteiger partial charge on any atom is 0.438 e. The first-order chi connectivity index (χ1) is 14.3. The van der Waals surface area contributed by atoms with Gasteiger partial charge in [-0.1, -0.05) is 95.9 Å². The molecule has 0 bridgehead atoms. The Morgan fingerprint density at radius 2 is 0.931 bits per heavy atom. The fraction of sp³-hybridized carbons (Fsp3) is 0.111. The van der Waals surface area contributed by atoms with Crippen LogP contribution in [-0.4, -0.2) is 14.9 Å². The van der Waals surface area contributed by atoms with E-state index in [9.17, 15) is 0 Å². The lowest BCUT2D eigenvalue weighted by molar-refractivity contribution is 0.325. The van der Waals surface area contributed by atoms with Gasteiger partial charge >= 0.3 is 8.32 Å². The van der Waals surface area contributed by atoms with Crippen LogP contribution in [0.3, 0.4) is 0 Å². The van der Waals surface area contributed by atoms with Crippen molar-refractivity contribution in [2.75, 3.05) is 6.61 Å². The zero-order valence-corrected chi connectivity index (χ0v) is 17.5. The van der Waals surface area contributed by atoms with Crippen LogP contribution in [0.1, 0.15) is 30.0 Å². The Bertz CT molecular complexity index is 947. The highest BCUT2D eigenvalue weighted by Crippen LogP contribution is 2.07. The summed E-state index contributed by atoms with van der Waals surface area (Å²) < 4.78 is 6.26. The highest BCUT2D eigenvalue weighted by atomic mass is 28.4. The molecule has 0 radical (unpaired) electrons. The Labute approximate surface area is 174 Å². The number of rotatable bonds is 3. The Hall–Kier alpha value is -3.48. The summed E-state index contributed by atoms with van der Waals surface area (Å²) in [5, 5.41) is 0. The van der Waals surface area contributed by atoms with Gasteiger partial charge in [0, 0.05) is 23.3 Å². The molecule has 0 saturated heterocycles. The minimum Gasteiger partial charge on any atom is -0.388 e. The normalized spacial score (nSPS) is 9.83. The zero-order chi connectivity index (χ0) is 20.2. The fourth-order valence-electron chi connectivity index (χ4n) is 2.50. The second-order valence-electron chi connectivity index (χ2n) is 6.38. The Morgan fingerprint density at radius 1 is 0.586 bits per heavy atom. The lowest BCUT2D eigenvalue weighted by Gasteiger charge is -2.13. The zero-order valence-electron chi connectivity index (χ0n) is 16.5. The van der Waals surface area contributed by atoms with E-state index in [0.717, 1.165) is 23.1 Å². The Kier molecular flexibility index (Phi) is 7.51. The maximum absolute atomic E-state index is 6.26. The summed E-state index contributed by atoms with van der Waals surface area (Å²) in [6, 6.07) is 29.7. The Morgan fingerprint density at radius 3 is 1.24 bits per heavy atom. The van der Waals surface area contributed by atoms with E-state index in [2.05, 4.69) is 41.3 Å². The number of hydrogen-bond acceptors (Lipinski definition) is 1. The van der Waals surface area contributed by atoms with Crippen LogP contribution in [-0.2, 0) is 4.43 Å². The van der Waals surface area contributed by atoms with Crippen molar-refractivity contribution in [3.05, 3.63) is 108 Å². The molecule has 2 heteroatoms. The first-order valence-corrected chi connectivity index (χ1v) is 11.6. The van der Waals surface area contributed by atoms with Gasteiger partial charge in [0.25, 0.3) is 0 Å². The summed E-state index contributed by atoms with van der Waals surface area (Å²) in [6.07, 6.45) is 0.891. The van der Waals surface area contributed by atoms with Crippen molar-refractivity contribution in [1.29, 1.82) is 0 Å². The van der Waals surface area contributed by atoms with Crippen LogP contribution in [0.25, 0.3) is 0 Å². The molecule has 0 fully saturated rings. The molecule has 0 saturated carbocycles. The van der Waals surface area contributed by atoms with E-state index < -0.39 is 8.32 Å².